The summed E-state index contributed by atoms with van der Waals surface area (Å²) in [5, 5.41) is 10.2. The Bertz CT molecular complexity index is 437. The van der Waals surface area contributed by atoms with Crippen LogP contribution in [0.15, 0.2) is 18.2 Å². The summed E-state index contributed by atoms with van der Waals surface area (Å²) < 4.78 is 0.595. The zero-order valence-corrected chi connectivity index (χ0v) is 13.5. The first kappa shape index (κ1) is 13.4. The van der Waals surface area contributed by atoms with E-state index in [1.807, 2.05) is 53.1 Å². The van der Waals surface area contributed by atoms with Gasteiger partial charge in [0.25, 0.3) is 0 Å². The fourth-order valence-corrected chi connectivity index (χ4v) is 8.04. The van der Waals surface area contributed by atoms with Crippen molar-refractivity contribution in [3.63, 3.8) is 0 Å². The molecule has 0 amide bonds. The van der Waals surface area contributed by atoms with Crippen molar-refractivity contribution < 1.29 is 5.11 Å². The van der Waals surface area contributed by atoms with Crippen molar-refractivity contribution >= 4 is 47.0 Å². The first-order chi connectivity index (χ1) is 8.69. The molecule has 18 heavy (non-hydrogen) atoms. The zero-order valence-electron chi connectivity index (χ0n) is 10.2. The molecule has 2 heterocycles. The van der Waals surface area contributed by atoms with Crippen molar-refractivity contribution in [2.24, 2.45) is 0 Å². The molecule has 2 saturated heterocycles. The molecular weight excluding hydrogens is 300 g/mol. The Morgan fingerprint density at radius 3 is 2.44 bits per heavy atom. The second-order valence-corrected chi connectivity index (χ2v) is 10.5. The molecule has 0 unspecified atom stereocenters. The van der Waals surface area contributed by atoms with Gasteiger partial charge in [0.2, 0.25) is 0 Å². The number of benzene rings is 1. The van der Waals surface area contributed by atoms with E-state index in [0.717, 1.165) is 5.56 Å². The van der Waals surface area contributed by atoms with Crippen LogP contribution in [0.4, 0.5) is 0 Å². The molecule has 0 saturated carbocycles. The maximum absolute atomic E-state index is 10.2. The zero-order chi connectivity index (χ0) is 12.6. The molecule has 0 bridgehead atoms. The van der Waals surface area contributed by atoms with E-state index in [4.69, 9.17) is 0 Å². The number of phenols is 1. The van der Waals surface area contributed by atoms with Crippen LogP contribution >= 0.6 is 47.0 Å². The third-order valence-electron chi connectivity index (χ3n) is 3.24. The average Bonchev–Trinajstić information content (AvgIpc) is 3.01. The highest BCUT2D eigenvalue weighted by molar-refractivity contribution is 8.20. The van der Waals surface area contributed by atoms with Crippen LogP contribution in [-0.2, 0) is 4.08 Å². The number of aromatic hydroxyl groups is 1. The molecule has 0 aliphatic carbocycles. The SMILES string of the molecule is CC1(c2cc(C3SCCS3)ccc2O)SCCS1. The lowest BCUT2D eigenvalue weighted by Crippen LogP contribution is -2.09. The molecule has 1 N–H and O–H groups in total. The highest BCUT2D eigenvalue weighted by Crippen LogP contribution is 2.55. The van der Waals surface area contributed by atoms with Crippen molar-refractivity contribution in [2.45, 2.75) is 15.6 Å². The standard InChI is InChI=1S/C13H16OS4/c1-13(17-6-7-18-13)10-8-9(2-3-11(10)14)12-15-4-5-16-12/h2-3,8,12,14H,4-7H2,1H3. The fourth-order valence-electron chi connectivity index (χ4n) is 2.28. The Morgan fingerprint density at radius 2 is 1.78 bits per heavy atom. The topological polar surface area (TPSA) is 20.2 Å². The summed E-state index contributed by atoms with van der Waals surface area (Å²) in [6, 6.07) is 6.20. The highest BCUT2D eigenvalue weighted by atomic mass is 32.2. The molecule has 1 aromatic carbocycles. The molecule has 0 aromatic heterocycles. The van der Waals surface area contributed by atoms with E-state index in [1.54, 1.807) is 0 Å². The molecule has 2 fully saturated rings. The lowest BCUT2D eigenvalue weighted by Gasteiger charge is -2.24. The van der Waals surface area contributed by atoms with Crippen LogP contribution in [-0.4, -0.2) is 28.1 Å². The minimum atomic E-state index is 0.0357. The van der Waals surface area contributed by atoms with E-state index in [0.29, 0.717) is 10.3 Å². The van der Waals surface area contributed by atoms with Gasteiger partial charge in [-0.1, -0.05) is 6.07 Å². The van der Waals surface area contributed by atoms with Gasteiger partial charge < -0.3 is 5.11 Å². The Hall–Kier alpha value is 0.420. The fraction of sp³-hybridized carbons (Fsp3) is 0.538. The van der Waals surface area contributed by atoms with Crippen LogP contribution in [0, 0.1) is 0 Å². The van der Waals surface area contributed by atoms with Gasteiger partial charge in [-0.3, -0.25) is 0 Å². The summed E-state index contributed by atoms with van der Waals surface area (Å²) >= 11 is 7.94. The van der Waals surface area contributed by atoms with Crippen LogP contribution in [0.3, 0.4) is 0 Å². The summed E-state index contributed by atoms with van der Waals surface area (Å²) in [7, 11) is 0. The Balaban J connectivity index is 1.95. The molecule has 3 rings (SSSR count). The lowest BCUT2D eigenvalue weighted by atomic mass is 10.1. The minimum Gasteiger partial charge on any atom is -0.508 e. The van der Waals surface area contributed by atoms with Crippen molar-refractivity contribution in [2.75, 3.05) is 23.0 Å². The number of hydrogen-bond donors (Lipinski definition) is 1. The van der Waals surface area contributed by atoms with E-state index in [2.05, 4.69) is 19.1 Å². The maximum atomic E-state index is 10.2. The third-order valence-corrected chi connectivity index (χ3v) is 9.67. The van der Waals surface area contributed by atoms with E-state index >= 15 is 0 Å². The molecule has 5 heteroatoms. The normalized spacial score (nSPS) is 23.6. The van der Waals surface area contributed by atoms with Gasteiger partial charge in [-0.05, 0) is 24.6 Å². The Kier molecular flexibility index (Phi) is 4.04. The number of hydrogen-bond acceptors (Lipinski definition) is 5. The van der Waals surface area contributed by atoms with Crippen LogP contribution in [0.2, 0.25) is 0 Å². The van der Waals surface area contributed by atoms with E-state index in [9.17, 15) is 5.11 Å². The summed E-state index contributed by atoms with van der Waals surface area (Å²) in [5.41, 5.74) is 2.48. The quantitative estimate of drug-likeness (QED) is 0.862. The molecule has 0 radical (unpaired) electrons. The van der Waals surface area contributed by atoms with E-state index < -0.39 is 0 Å². The number of rotatable bonds is 2. The minimum absolute atomic E-state index is 0.0357. The summed E-state index contributed by atoms with van der Waals surface area (Å²) in [5.74, 6) is 5.30. The molecule has 1 aromatic rings. The van der Waals surface area contributed by atoms with Gasteiger partial charge in [0.05, 0.1) is 8.66 Å². The van der Waals surface area contributed by atoms with E-state index in [-0.39, 0.29) is 4.08 Å². The molecule has 2 aliphatic heterocycles. The largest absolute Gasteiger partial charge is 0.508 e. The van der Waals surface area contributed by atoms with Crippen molar-refractivity contribution in [1.29, 1.82) is 0 Å². The van der Waals surface area contributed by atoms with Crippen molar-refractivity contribution in [3.05, 3.63) is 29.3 Å². The predicted octanol–water partition coefficient (Wildman–Crippen LogP) is 4.52. The molecule has 1 nitrogen and oxygen atoms in total. The summed E-state index contributed by atoms with van der Waals surface area (Å²) in [6.45, 7) is 2.24. The Labute approximate surface area is 125 Å². The average molecular weight is 317 g/mol. The van der Waals surface area contributed by atoms with Gasteiger partial charge >= 0.3 is 0 Å². The molecule has 0 spiro atoms. The molecular formula is C13H16OS4. The van der Waals surface area contributed by atoms with E-state index in [1.165, 1.54) is 28.6 Å². The van der Waals surface area contributed by atoms with Crippen molar-refractivity contribution in [3.8, 4) is 5.75 Å². The second kappa shape index (κ2) is 5.43. The molecule has 98 valence electrons. The van der Waals surface area contributed by atoms with Gasteiger partial charge in [-0.2, -0.15) is 0 Å². The van der Waals surface area contributed by atoms with Crippen LogP contribution in [0.5, 0.6) is 5.75 Å². The number of thioether (sulfide) groups is 4. The highest BCUT2D eigenvalue weighted by Gasteiger charge is 2.35. The monoisotopic (exact) mass is 316 g/mol. The van der Waals surface area contributed by atoms with Crippen molar-refractivity contribution in [1.82, 2.24) is 0 Å². The smallest absolute Gasteiger partial charge is 0.121 e. The second-order valence-electron chi connectivity index (χ2n) is 4.49. The van der Waals surface area contributed by atoms with Crippen LogP contribution < -0.4 is 0 Å². The number of phenolic OH excluding ortho intramolecular Hbond substituents is 1. The third kappa shape index (κ3) is 2.51. The van der Waals surface area contributed by atoms with Gasteiger partial charge in [0.1, 0.15) is 5.75 Å². The predicted molar refractivity (Wildman–Crippen MR) is 88.0 cm³/mol. The van der Waals surface area contributed by atoms with Gasteiger partial charge in [0, 0.05) is 28.6 Å². The first-order valence-electron chi connectivity index (χ1n) is 6.03. The lowest BCUT2D eigenvalue weighted by molar-refractivity contribution is 0.467. The first-order valence-corrected chi connectivity index (χ1v) is 10.1. The maximum Gasteiger partial charge on any atom is 0.121 e. The summed E-state index contributed by atoms with van der Waals surface area (Å²) in [4.78, 5) is 0. The molecule has 2 aliphatic rings. The Morgan fingerprint density at radius 1 is 1.11 bits per heavy atom. The summed E-state index contributed by atoms with van der Waals surface area (Å²) in [6.07, 6.45) is 0. The van der Waals surface area contributed by atoms with Gasteiger partial charge in [-0.25, -0.2) is 0 Å². The van der Waals surface area contributed by atoms with Gasteiger partial charge in [-0.15, -0.1) is 47.0 Å². The van der Waals surface area contributed by atoms with Crippen LogP contribution in [0.1, 0.15) is 22.6 Å². The van der Waals surface area contributed by atoms with Gasteiger partial charge in [0.15, 0.2) is 0 Å². The molecule has 0 atom stereocenters. The van der Waals surface area contributed by atoms with Crippen LogP contribution in [0.25, 0.3) is 0 Å².